The van der Waals surface area contributed by atoms with Crippen LogP contribution < -0.4 is 0 Å². The van der Waals surface area contributed by atoms with Gasteiger partial charge >= 0.3 is 0 Å². The summed E-state index contributed by atoms with van der Waals surface area (Å²) in [5.74, 6) is 0.400. The van der Waals surface area contributed by atoms with Crippen molar-refractivity contribution in [1.82, 2.24) is 0 Å². The standard InChI is InChI=1S/C35H38S/c1-22(2)32-26(23-19-24(34(3,4)5)21-25(20-23)35(6,7)8)14-11-15-28(32)30-17-12-16-29-27-13-9-10-18-31(27)36-33(29)30/h9-22H,1-8H3. The predicted molar refractivity (Wildman–Crippen MR) is 162 cm³/mol. The van der Waals surface area contributed by atoms with Crippen molar-refractivity contribution in [3.05, 3.63) is 95.6 Å². The van der Waals surface area contributed by atoms with Crippen molar-refractivity contribution in [3.8, 4) is 22.3 Å². The Bertz CT molecular complexity index is 1530. The molecule has 0 spiro atoms. The fourth-order valence-corrected chi connectivity index (χ4v) is 6.51. The van der Waals surface area contributed by atoms with Crippen LogP contribution in [-0.4, -0.2) is 0 Å². The number of hydrogen-bond acceptors (Lipinski definition) is 1. The van der Waals surface area contributed by atoms with Gasteiger partial charge in [0, 0.05) is 20.2 Å². The second kappa shape index (κ2) is 8.89. The average molecular weight is 491 g/mol. The highest BCUT2D eigenvalue weighted by atomic mass is 32.1. The van der Waals surface area contributed by atoms with Crippen LogP contribution >= 0.6 is 11.3 Å². The van der Waals surface area contributed by atoms with Gasteiger partial charge in [0.25, 0.3) is 0 Å². The van der Waals surface area contributed by atoms with Gasteiger partial charge in [-0.2, -0.15) is 0 Å². The molecule has 0 saturated heterocycles. The van der Waals surface area contributed by atoms with Crippen LogP contribution in [-0.2, 0) is 10.8 Å². The molecule has 5 aromatic rings. The Morgan fingerprint density at radius 1 is 0.583 bits per heavy atom. The minimum Gasteiger partial charge on any atom is -0.135 e. The summed E-state index contributed by atoms with van der Waals surface area (Å²) in [6.07, 6.45) is 0. The lowest BCUT2D eigenvalue weighted by atomic mass is 9.77. The smallest absolute Gasteiger partial charge is 0.0433 e. The summed E-state index contributed by atoms with van der Waals surface area (Å²) in [4.78, 5) is 0. The van der Waals surface area contributed by atoms with Gasteiger partial charge in [0.1, 0.15) is 0 Å². The van der Waals surface area contributed by atoms with Crippen LogP contribution in [0.15, 0.2) is 78.9 Å². The molecule has 0 radical (unpaired) electrons. The summed E-state index contributed by atoms with van der Waals surface area (Å²) in [6.45, 7) is 18.6. The molecular formula is C35H38S. The van der Waals surface area contributed by atoms with Crippen molar-refractivity contribution in [2.75, 3.05) is 0 Å². The highest BCUT2D eigenvalue weighted by Crippen LogP contribution is 2.45. The largest absolute Gasteiger partial charge is 0.135 e. The van der Waals surface area contributed by atoms with Gasteiger partial charge in [0.2, 0.25) is 0 Å². The molecular weight excluding hydrogens is 452 g/mol. The van der Waals surface area contributed by atoms with Gasteiger partial charge in [0.15, 0.2) is 0 Å². The molecule has 4 aromatic carbocycles. The molecule has 36 heavy (non-hydrogen) atoms. The van der Waals surface area contributed by atoms with Crippen LogP contribution in [0.5, 0.6) is 0 Å². The van der Waals surface area contributed by atoms with Gasteiger partial charge in [0.05, 0.1) is 0 Å². The summed E-state index contributed by atoms with van der Waals surface area (Å²) in [6, 6.07) is 29.8. The molecule has 0 amide bonds. The zero-order valence-corrected chi connectivity index (χ0v) is 23.8. The maximum absolute atomic E-state index is 2.43. The maximum Gasteiger partial charge on any atom is 0.0433 e. The van der Waals surface area contributed by atoms with Crippen molar-refractivity contribution >= 4 is 31.5 Å². The molecule has 0 atom stereocenters. The molecule has 0 bridgehead atoms. The lowest BCUT2D eigenvalue weighted by molar-refractivity contribution is 0.569. The first-order chi connectivity index (χ1) is 16.9. The van der Waals surface area contributed by atoms with E-state index >= 15 is 0 Å². The normalized spacial score (nSPS) is 12.7. The molecule has 0 saturated carbocycles. The van der Waals surface area contributed by atoms with Crippen LogP contribution in [0.3, 0.4) is 0 Å². The second-order valence-corrected chi connectivity index (χ2v) is 13.6. The first kappa shape index (κ1) is 24.8. The van der Waals surface area contributed by atoms with Crippen LogP contribution in [0.2, 0.25) is 0 Å². The van der Waals surface area contributed by atoms with Gasteiger partial charge < -0.3 is 0 Å². The van der Waals surface area contributed by atoms with E-state index in [2.05, 4.69) is 134 Å². The van der Waals surface area contributed by atoms with Crippen LogP contribution in [0.4, 0.5) is 0 Å². The molecule has 0 aliphatic carbocycles. The fourth-order valence-electron chi connectivity index (χ4n) is 5.28. The molecule has 0 aliphatic rings. The topological polar surface area (TPSA) is 0 Å². The third kappa shape index (κ3) is 4.39. The van der Waals surface area contributed by atoms with E-state index < -0.39 is 0 Å². The van der Waals surface area contributed by atoms with Crippen LogP contribution in [0, 0.1) is 0 Å². The molecule has 0 nitrogen and oxygen atoms in total. The number of fused-ring (bicyclic) bond motifs is 3. The average Bonchev–Trinajstić information content (AvgIpc) is 3.21. The summed E-state index contributed by atoms with van der Waals surface area (Å²) in [5.41, 5.74) is 9.82. The number of thiophene rings is 1. The summed E-state index contributed by atoms with van der Waals surface area (Å²) in [5, 5.41) is 2.72. The molecule has 0 N–H and O–H groups in total. The highest BCUT2D eigenvalue weighted by molar-refractivity contribution is 7.26. The van der Waals surface area contributed by atoms with E-state index in [9.17, 15) is 0 Å². The Hall–Kier alpha value is -2.90. The molecule has 5 rings (SSSR count). The maximum atomic E-state index is 2.43. The van der Waals surface area contributed by atoms with Gasteiger partial charge in [-0.25, -0.2) is 0 Å². The fraction of sp³-hybridized carbons (Fsp3) is 0.314. The second-order valence-electron chi connectivity index (χ2n) is 12.5. The van der Waals surface area contributed by atoms with E-state index in [1.165, 1.54) is 59.1 Å². The summed E-state index contributed by atoms with van der Waals surface area (Å²) in [7, 11) is 0. The highest BCUT2D eigenvalue weighted by Gasteiger charge is 2.23. The number of rotatable bonds is 3. The van der Waals surface area contributed by atoms with Crippen molar-refractivity contribution < 1.29 is 0 Å². The van der Waals surface area contributed by atoms with Crippen molar-refractivity contribution in [1.29, 1.82) is 0 Å². The Balaban J connectivity index is 1.80. The van der Waals surface area contributed by atoms with E-state index in [0.29, 0.717) is 5.92 Å². The molecule has 1 heteroatoms. The molecule has 184 valence electrons. The molecule has 0 aliphatic heterocycles. The number of hydrogen-bond donors (Lipinski definition) is 0. The van der Waals surface area contributed by atoms with E-state index in [1.54, 1.807) is 0 Å². The Morgan fingerprint density at radius 3 is 1.78 bits per heavy atom. The minimum atomic E-state index is 0.0916. The molecule has 0 unspecified atom stereocenters. The van der Waals surface area contributed by atoms with Crippen LogP contribution in [0.25, 0.3) is 42.4 Å². The third-order valence-corrected chi connectivity index (χ3v) is 8.57. The zero-order chi connectivity index (χ0) is 25.8. The Labute approximate surface area is 221 Å². The summed E-state index contributed by atoms with van der Waals surface area (Å²) >= 11 is 1.92. The van der Waals surface area contributed by atoms with E-state index in [4.69, 9.17) is 0 Å². The van der Waals surface area contributed by atoms with E-state index in [0.717, 1.165) is 0 Å². The third-order valence-electron chi connectivity index (χ3n) is 7.35. The van der Waals surface area contributed by atoms with Gasteiger partial charge in [-0.05, 0) is 61.8 Å². The van der Waals surface area contributed by atoms with E-state index in [1.807, 2.05) is 11.3 Å². The first-order valence-corrected chi connectivity index (χ1v) is 14.0. The summed E-state index contributed by atoms with van der Waals surface area (Å²) < 4.78 is 2.74. The van der Waals surface area contributed by atoms with E-state index in [-0.39, 0.29) is 10.8 Å². The van der Waals surface area contributed by atoms with Crippen molar-refractivity contribution in [2.45, 2.75) is 72.1 Å². The lowest BCUT2D eigenvalue weighted by Gasteiger charge is -2.27. The van der Waals surface area contributed by atoms with Gasteiger partial charge in [-0.1, -0.05) is 128 Å². The monoisotopic (exact) mass is 490 g/mol. The zero-order valence-electron chi connectivity index (χ0n) is 23.0. The minimum absolute atomic E-state index is 0.0916. The quantitative estimate of drug-likeness (QED) is 0.236. The Morgan fingerprint density at radius 2 is 1.14 bits per heavy atom. The Kier molecular flexibility index (Phi) is 6.12. The predicted octanol–water partition coefficient (Wildman–Crippen LogP) is 11.1. The van der Waals surface area contributed by atoms with Gasteiger partial charge in [-0.3, -0.25) is 0 Å². The first-order valence-electron chi connectivity index (χ1n) is 13.1. The molecule has 0 fully saturated rings. The van der Waals surface area contributed by atoms with Crippen molar-refractivity contribution in [3.63, 3.8) is 0 Å². The number of benzene rings is 4. The lowest BCUT2D eigenvalue weighted by Crippen LogP contribution is -2.16. The molecule has 1 heterocycles. The molecule has 1 aromatic heterocycles. The van der Waals surface area contributed by atoms with Crippen LogP contribution in [0.1, 0.15) is 78.0 Å². The SMILES string of the molecule is CC(C)c1c(-c2cc(C(C)(C)C)cc(C(C)(C)C)c2)cccc1-c1cccc2c1sc1ccccc12. The van der Waals surface area contributed by atoms with Gasteiger partial charge in [-0.15, -0.1) is 11.3 Å². The van der Waals surface area contributed by atoms with Crippen molar-refractivity contribution in [2.24, 2.45) is 0 Å².